The Labute approximate surface area is 141 Å². The summed E-state index contributed by atoms with van der Waals surface area (Å²) in [6, 6.07) is 17.0. The second-order valence-electron chi connectivity index (χ2n) is 4.99. The standard InChI is InChI=1S/C18H21N3O3/c1-19-18(23)21(11-12-22)20-13-15-7-9-17(10-8-15)24-14-16-5-3-2-4-6-16/h2-10,13,22H,11-12,14H2,1H3,(H,19,23). The largest absolute Gasteiger partial charge is 0.489 e. The second-order valence-corrected chi connectivity index (χ2v) is 4.99. The molecule has 0 saturated carbocycles. The first-order chi connectivity index (χ1) is 11.7. The van der Waals surface area contributed by atoms with Crippen LogP contribution in [0.25, 0.3) is 0 Å². The van der Waals surface area contributed by atoms with Crippen LogP contribution >= 0.6 is 0 Å². The lowest BCUT2D eigenvalue weighted by molar-refractivity contribution is 0.182. The van der Waals surface area contributed by atoms with Crippen LogP contribution in [0.5, 0.6) is 5.75 Å². The van der Waals surface area contributed by atoms with Crippen LogP contribution in [-0.2, 0) is 6.61 Å². The van der Waals surface area contributed by atoms with E-state index in [4.69, 9.17) is 9.84 Å². The maximum atomic E-state index is 11.6. The highest BCUT2D eigenvalue weighted by molar-refractivity contribution is 5.82. The second kappa shape index (κ2) is 9.32. The van der Waals surface area contributed by atoms with E-state index in [1.807, 2.05) is 54.6 Å². The smallest absolute Gasteiger partial charge is 0.337 e. The molecule has 0 heterocycles. The molecule has 0 aliphatic heterocycles. The summed E-state index contributed by atoms with van der Waals surface area (Å²) in [5, 5.41) is 16.7. The molecule has 24 heavy (non-hydrogen) atoms. The number of aliphatic hydroxyl groups excluding tert-OH is 1. The van der Waals surface area contributed by atoms with E-state index in [9.17, 15) is 4.79 Å². The minimum Gasteiger partial charge on any atom is -0.489 e. The molecule has 126 valence electrons. The van der Waals surface area contributed by atoms with Crippen LogP contribution < -0.4 is 10.1 Å². The van der Waals surface area contributed by atoms with Gasteiger partial charge in [0.2, 0.25) is 0 Å². The topological polar surface area (TPSA) is 74.2 Å². The third kappa shape index (κ3) is 5.40. The number of benzene rings is 2. The number of hydrazone groups is 1. The fraction of sp³-hybridized carbons (Fsp3) is 0.222. The van der Waals surface area contributed by atoms with Crippen molar-refractivity contribution in [2.45, 2.75) is 6.61 Å². The molecule has 0 radical (unpaired) electrons. The van der Waals surface area contributed by atoms with Gasteiger partial charge in [-0.25, -0.2) is 9.80 Å². The van der Waals surface area contributed by atoms with Gasteiger partial charge in [-0.2, -0.15) is 5.10 Å². The third-order valence-electron chi connectivity index (χ3n) is 3.23. The van der Waals surface area contributed by atoms with Crippen LogP contribution in [0.4, 0.5) is 4.79 Å². The molecule has 6 heteroatoms. The van der Waals surface area contributed by atoms with Gasteiger partial charge in [-0.3, -0.25) is 0 Å². The summed E-state index contributed by atoms with van der Waals surface area (Å²) >= 11 is 0. The number of urea groups is 1. The van der Waals surface area contributed by atoms with Crippen molar-refractivity contribution in [1.29, 1.82) is 0 Å². The number of nitrogens with zero attached hydrogens (tertiary/aromatic N) is 2. The molecule has 0 fully saturated rings. The van der Waals surface area contributed by atoms with E-state index in [0.29, 0.717) is 6.61 Å². The molecule has 0 aromatic heterocycles. The molecule has 2 aromatic rings. The average molecular weight is 327 g/mol. The van der Waals surface area contributed by atoms with Crippen molar-refractivity contribution in [3.05, 3.63) is 65.7 Å². The predicted molar refractivity (Wildman–Crippen MR) is 93.1 cm³/mol. The van der Waals surface area contributed by atoms with Crippen LogP contribution in [0, 0.1) is 0 Å². The van der Waals surface area contributed by atoms with Crippen molar-refractivity contribution in [3.8, 4) is 5.75 Å². The maximum Gasteiger partial charge on any atom is 0.337 e. The first-order valence-corrected chi connectivity index (χ1v) is 7.64. The van der Waals surface area contributed by atoms with Crippen molar-refractivity contribution >= 4 is 12.2 Å². The maximum absolute atomic E-state index is 11.6. The molecule has 2 aromatic carbocycles. The van der Waals surface area contributed by atoms with Crippen LogP contribution in [0.2, 0.25) is 0 Å². The molecule has 2 rings (SSSR count). The molecule has 0 atom stereocenters. The Morgan fingerprint density at radius 1 is 1.21 bits per heavy atom. The number of hydrogen-bond donors (Lipinski definition) is 2. The van der Waals surface area contributed by atoms with E-state index in [2.05, 4.69) is 10.4 Å². The summed E-state index contributed by atoms with van der Waals surface area (Å²) in [5.41, 5.74) is 1.93. The lowest BCUT2D eigenvalue weighted by atomic mass is 10.2. The zero-order valence-corrected chi connectivity index (χ0v) is 13.6. The first-order valence-electron chi connectivity index (χ1n) is 7.64. The van der Waals surface area contributed by atoms with Gasteiger partial charge in [0.05, 0.1) is 19.4 Å². The van der Waals surface area contributed by atoms with Gasteiger partial charge in [-0.1, -0.05) is 30.3 Å². The highest BCUT2D eigenvalue weighted by Gasteiger charge is 2.08. The number of nitrogens with one attached hydrogen (secondary N) is 1. The van der Waals surface area contributed by atoms with Crippen molar-refractivity contribution in [3.63, 3.8) is 0 Å². The van der Waals surface area contributed by atoms with E-state index in [1.54, 1.807) is 6.21 Å². The molecule has 0 aliphatic rings. The summed E-state index contributed by atoms with van der Waals surface area (Å²) < 4.78 is 5.71. The van der Waals surface area contributed by atoms with Gasteiger partial charge in [0, 0.05) is 7.05 Å². The number of ether oxygens (including phenoxy) is 1. The molecular weight excluding hydrogens is 306 g/mol. The van der Waals surface area contributed by atoms with E-state index in [0.717, 1.165) is 16.9 Å². The van der Waals surface area contributed by atoms with E-state index >= 15 is 0 Å². The number of amides is 2. The van der Waals surface area contributed by atoms with Crippen molar-refractivity contribution in [1.82, 2.24) is 10.3 Å². The number of aliphatic hydroxyl groups is 1. The fourth-order valence-electron chi connectivity index (χ4n) is 1.96. The molecule has 2 amide bonds. The molecule has 6 nitrogen and oxygen atoms in total. The van der Waals surface area contributed by atoms with Gasteiger partial charge in [0.15, 0.2) is 0 Å². The number of carbonyl (C=O) groups is 1. The van der Waals surface area contributed by atoms with Gasteiger partial charge < -0.3 is 15.2 Å². The van der Waals surface area contributed by atoms with Gasteiger partial charge in [-0.15, -0.1) is 0 Å². The molecule has 0 spiro atoms. The SMILES string of the molecule is CNC(=O)N(CCO)N=Cc1ccc(OCc2ccccc2)cc1. The van der Waals surface area contributed by atoms with E-state index < -0.39 is 0 Å². The van der Waals surface area contributed by atoms with Gasteiger partial charge >= 0.3 is 6.03 Å². The predicted octanol–water partition coefficient (Wildman–Crippen LogP) is 2.23. The molecular formula is C18H21N3O3. The lowest BCUT2D eigenvalue weighted by Crippen LogP contribution is -2.36. The fourth-order valence-corrected chi connectivity index (χ4v) is 1.96. The molecule has 0 saturated heterocycles. The summed E-state index contributed by atoms with van der Waals surface area (Å²) in [6.45, 7) is 0.487. The summed E-state index contributed by atoms with van der Waals surface area (Å²) in [7, 11) is 1.51. The first kappa shape index (κ1) is 17.5. The zero-order valence-electron chi connectivity index (χ0n) is 13.6. The van der Waals surface area contributed by atoms with Crippen molar-refractivity contribution in [2.24, 2.45) is 5.10 Å². The van der Waals surface area contributed by atoms with Gasteiger partial charge in [0.25, 0.3) is 0 Å². The minimum atomic E-state index is -0.372. The van der Waals surface area contributed by atoms with Crippen LogP contribution in [-0.4, -0.2) is 42.6 Å². The lowest BCUT2D eigenvalue weighted by Gasteiger charge is -2.14. The van der Waals surface area contributed by atoms with Crippen molar-refractivity contribution in [2.75, 3.05) is 20.2 Å². The Bertz CT molecular complexity index is 657. The number of hydrogen-bond acceptors (Lipinski definition) is 4. The van der Waals surface area contributed by atoms with Crippen LogP contribution in [0.15, 0.2) is 59.7 Å². The van der Waals surface area contributed by atoms with E-state index in [-0.39, 0.29) is 19.2 Å². The third-order valence-corrected chi connectivity index (χ3v) is 3.23. The Morgan fingerprint density at radius 2 is 1.92 bits per heavy atom. The molecule has 2 N–H and O–H groups in total. The van der Waals surface area contributed by atoms with Crippen LogP contribution in [0.1, 0.15) is 11.1 Å². The monoisotopic (exact) mass is 327 g/mol. The average Bonchev–Trinajstić information content (AvgIpc) is 2.64. The van der Waals surface area contributed by atoms with E-state index in [1.165, 1.54) is 12.1 Å². The molecule has 0 bridgehead atoms. The number of carbonyl (C=O) groups excluding carboxylic acids is 1. The van der Waals surface area contributed by atoms with Crippen molar-refractivity contribution < 1.29 is 14.6 Å². The Morgan fingerprint density at radius 3 is 2.54 bits per heavy atom. The Hall–Kier alpha value is -2.86. The van der Waals surface area contributed by atoms with Gasteiger partial charge in [-0.05, 0) is 35.4 Å². The molecule has 0 aliphatic carbocycles. The quantitative estimate of drug-likeness (QED) is 0.605. The summed E-state index contributed by atoms with van der Waals surface area (Å²) in [5.74, 6) is 0.759. The summed E-state index contributed by atoms with van der Waals surface area (Å²) in [6.07, 6.45) is 1.56. The zero-order chi connectivity index (χ0) is 17.2. The van der Waals surface area contributed by atoms with Crippen LogP contribution in [0.3, 0.4) is 0 Å². The Balaban J connectivity index is 1.93. The van der Waals surface area contributed by atoms with Gasteiger partial charge in [0.1, 0.15) is 12.4 Å². The summed E-state index contributed by atoms with van der Waals surface area (Å²) in [4.78, 5) is 11.6. The Kier molecular flexibility index (Phi) is 6.79. The highest BCUT2D eigenvalue weighted by Crippen LogP contribution is 2.13. The number of rotatable bonds is 7. The highest BCUT2D eigenvalue weighted by atomic mass is 16.5. The molecule has 0 unspecified atom stereocenters. The normalized spacial score (nSPS) is 10.6. The minimum absolute atomic E-state index is 0.133.